The number of aryl methyl sites for hydroxylation is 1. The number of aromatic nitrogens is 2. The molecule has 0 aliphatic rings. The van der Waals surface area contributed by atoms with Crippen molar-refractivity contribution in [2.45, 2.75) is 57.6 Å². The largest absolute Gasteiger partial charge is 0.543 e. The minimum Gasteiger partial charge on any atom is -0.543 e. The summed E-state index contributed by atoms with van der Waals surface area (Å²) in [6, 6.07) is 1.42. The Morgan fingerprint density at radius 2 is 2.00 bits per heavy atom. The van der Waals surface area contributed by atoms with Crippen LogP contribution in [-0.4, -0.2) is 49.5 Å². The molecule has 1 aromatic carbocycles. The number of carbonyl (C=O) groups excluding carboxylic acids is 1. The SMILES string of the molecule is COC(=O)c1c(Br)c(OC)cc(O[Si](C)(C)C(C)(C)C)c1CSC[C@H](NC(N)=S)c1nc(C)no1. The van der Waals surface area contributed by atoms with Crippen LogP contribution in [-0.2, 0) is 10.5 Å². The van der Waals surface area contributed by atoms with Crippen molar-refractivity contribution in [3.8, 4) is 11.5 Å². The minimum atomic E-state index is -2.24. The second-order valence-electron chi connectivity index (χ2n) is 9.35. The molecule has 35 heavy (non-hydrogen) atoms. The molecular weight excluding hydrogens is 572 g/mol. The monoisotopic (exact) mass is 604 g/mol. The lowest BCUT2D eigenvalue weighted by atomic mass is 10.1. The molecular formula is C22H33BrN4O5S2Si. The van der Waals surface area contributed by atoms with Crippen LogP contribution in [0, 0.1) is 6.92 Å². The van der Waals surface area contributed by atoms with Gasteiger partial charge in [-0.1, -0.05) is 25.9 Å². The number of halogens is 1. The lowest BCUT2D eigenvalue weighted by molar-refractivity contribution is 0.0598. The second-order valence-corrected chi connectivity index (χ2v) is 16.3. The van der Waals surface area contributed by atoms with E-state index in [1.807, 2.05) is 6.07 Å². The highest BCUT2D eigenvalue weighted by Crippen LogP contribution is 2.44. The fourth-order valence-electron chi connectivity index (χ4n) is 2.85. The Balaban J connectivity index is 2.48. The highest BCUT2D eigenvalue weighted by Gasteiger charge is 2.40. The average Bonchev–Trinajstić information content (AvgIpc) is 3.19. The van der Waals surface area contributed by atoms with E-state index < -0.39 is 20.3 Å². The van der Waals surface area contributed by atoms with Gasteiger partial charge < -0.3 is 29.5 Å². The molecule has 1 atom stereocenters. The van der Waals surface area contributed by atoms with Crippen molar-refractivity contribution in [3.63, 3.8) is 0 Å². The molecule has 2 rings (SSSR count). The van der Waals surface area contributed by atoms with Gasteiger partial charge in [-0.25, -0.2) is 4.79 Å². The standard InChI is InChI=1S/C22H33BrN4O5S2Si/c1-12-25-19(31-27-12)14(26-21(24)33)11-34-10-13-15(32-35(7,8)22(2,3)4)9-16(29-5)18(23)17(13)20(28)30-6/h9,14H,10-11H2,1-8H3,(H3,24,26,33)/t14-/m0/s1. The van der Waals surface area contributed by atoms with E-state index in [9.17, 15) is 4.79 Å². The van der Waals surface area contributed by atoms with Crippen molar-refractivity contribution in [1.82, 2.24) is 15.5 Å². The van der Waals surface area contributed by atoms with Crippen LogP contribution in [0.4, 0.5) is 0 Å². The summed E-state index contributed by atoms with van der Waals surface area (Å²) in [5.74, 6) is 2.40. The van der Waals surface area contributed by atoms with Crippen molar-refractivity contribution < 1.29 is 23.2 Å². The minimum absolute atomic E-state index is 0.0508. The summed E-state index contributed by atoms with van der Waals surface area (Å²) in [6.45, 7) is 12.5. The first kappa shape index (κ1) is 29.4. The molecule has 0 amide bonds. The van der Waals surface area contributed by atoms with Gasteiger partial charge in [0.25, 0.3) is 0 Å². The maximum Gasteiger partial charge on any atom is 0.339 e. The number of hydrogen-bond acceptors (Lipinski definition) is 9. The molecule has 1 aromatic heterocycles. The van der Waals surface area contributed by atoms with Crippen LogP contribution in [0.5, 0.6) is 11.5 Å². The Hall–Kier alpha value is -1.83. The van der Waals surface area contributed by atoms with Crippen LogP contribution in [0.2, 0.25) is 18.1 Å². The van der Waals surface area contributed by atoms with Gasteiger partial charge in [0.05, 0.1) is 24.3 Å². The van der Waals surface area contributed by atoms with Crippen LogP contribution in [0.15, 0.2) is 15.1 Å². The number of esters is 1. The molecule has 3 N–H and O–H groups in total. The maximum absolute atomic E-state index is 12.9. The van der Waals surface area contributed by atoms with Crippen molar-refractivity contribution in [1.29, 1.82) is 0 Å². The molecule has 0 fully saturated rings. The summed E-state index contributed by atoms with van der Waals surface area (Å²) < 4.78 is 23.1. The van der Waals surface area contributed by atoms with Gasteiger partial charge in [0.2, 0.25) is 14.2 Å². The highest BCUT2D eigenvalue weighted by molar-refractivity contribution is 9.10. The smallest absolute Gasteiger partial charge is 0.339 e. The Kier molecular flexibility index (Phi) is 10.0. The van der Waals surface area contributed by atoms with Crippen molar-refractivity contribution in [2.24, 2.45) is 5.73 Å². The fraction of sp³-hybridized carbons (Fsp3) is 0.545. The highest BCUT2D eigenvalue weighted by atomic mass is 79.9. The van der Waals surface area contributed by atoms with Crippen LogP contribution in [0.3, 0.4) is 0 Å². The lowest BCUT2D eigenvalue weighted by Gasteiger charge is -2.37. The maximum atomic E-state index is 12.9. The molecule has 1 heterocycles. The quantitative estimate of drug-likeness (QED) is 0.213. The number of benzene rings is 1. The van der Waals surface area contributed by atoms with E-state index in [4.69, 9.17) is 36.4 Å². The average molecular weight is 606 g/mol. The zero-order valence-electron chi connectivity index (χ0n) is 21.3. The molecule has 0 saturated heterocycles. The number of ether oxygens (including phenoxy) is 2. The van der Waals surface area contributed by atoms with Crippen molar-refractivity contribution in [2.75, 3.05) is 20.0 Å². The first-order valence-electron chi connectivity index (χ1n) is 10.8. The van der Waals surface area contributed by atoms with Gasteiger partial charge >= 0.3 is 5.97 Å². The van der Waals surface area contributed by atoms with E-state index in [0.717, 1.165) is 0 Å². The molecule has 2 aromatic rings. The molecule has 0 radical (unpaired) electrons. The number of nitrogens with two attached hydrogens (primary N) is 1. The van der Waals surface area contributed by atoms with E-state index in [0.29, 0.717) is 50.3 Å². The topological polar surface area (TPSA) is 122 Å². The molecule has 0 spiro atoms. The van der Waals surface area contributed by atoms with E-state index in [2.05, 4.69) is 65.3 Å². The molecule has 0 aliphatic heterocycles. The normalized spacial score (nSPS) is 12.7. The van der Waals surface area contributed by atoms with Gasteiger partial charge in [0.15, 0.2) is 10.9 Å². The number of rotatable bonds is 10. The molecule has 9 nitrogen and oxygen atoms in total. The first-order chi connectivity index (χ1) is 16.2. The van der Waals surface area contributed by atoms with E-state index in [1.165, 1.54) is 18.9 Å². The first-order valence-corrected chi connectivity index (χ1v) is 16.1. The van der Waals surface area contributed by atoms with Crippen molar-refractivity contribution >= 4 is 59.3 Å². The predicted molar refractivity (Wildman–Crippen MR) is 148 cm³/mol. The Morgan fingerprint density at radius 1 is 1.34 bits per heavy atom. The summed E-state index contributed by atoms with van der Waals surface area (Å²) in [7, 11) is 0.650. The number of nitrogens with zero attached hydrogens (tertiary/aromatic N) is 2. The summed E-state index contributed by atoms with van der Waals surface area (Å²) >= 11 is 10.1. The third-order valence-electron chi connectivity index (χ3n) is 5.77. The van der Waals surface area contributed by atoms with E-state index >= 15 is 0 Å². The Labute approximate surface area is 225 Å². The number of carbonyl (C=O) groups is 1. The van der Waals surface area contributed by atoms with Gasteiger partial charge in [-0.2, -0.15) is 16.7 Å². The van der Waals surface area contributed by atoms with Crippen molar-refractivity contribution in [3.05, 3.63) is 33.4 Å². The number of hydrogen-bond donors (Lipinski definition) is 2. The van der Waals surface area contributed by atoms with Crippen LogP contribution >= 0.6 is 39.9 Å². The zero-order chi connectivity index (χ0) is 26.6. The summed E-state index contributed by atoms with van der Waals surface area (Å²) in [5, 5.41) is 6.92. The second kappa shape index (κ2) is 11.9. The molecule has 0 aliphatic carbocycles. The van der Waals surface area contributed by atoms with Gasteiger partial charge in [-0.15, -0.1) is 0 Å². The summed E-state index contributed by atoms with van der Waals surface area (Å²) in [5.41, 5.74) is 6.78. The van der Waals surface area contributed by atoms with Gasteiger partial charge in [0.1, 0.15) is 17.5 Å². The van der Waals surface area contributed by atoms with Gasteiger partial charge in [-0.3, -0.25) is 0 Å². The fourth-order valence-corrected chi connectivity index (χ4v) is 5.78. The van der Waals surface area contributed by atoms with Gasteiger partial charge in [-0.05, 0) is 53.2 Å². The third kappa shape index (κ3) is 7.34. The number of thioether (sulfide) groups is 1. The van der Waals surface area contributed by atoms with E-state index in [1.54, 1.807) is 14.0 Å². The molecule has 0 unspecified atom stereocenters. The van der Waals surface area contributed by atoms with Crippen LogP contribution in [0.25, 0.3) is 0 Å². The lowest BCUT2D eigenvalue weighted by Crippen LogP contribution is -2.44. The summed E-state index contributed by atoms with van der Waals surface area (Å²) in [6.07, 6.45) is 0. The molecule has 0 bridgehead atoms. The number of methoxy groups -OCH3 is 2. The Morgan fingerprint density at radius 3 is 2.49 bits per heavy atom. The van der Waals surface area contributed by atoms with E-state index in [-0.39, 0.29) is 10.2 Å². The van der Waals surface area contributed by atoms with Crippen LogP contribution in [0.1, 0.15) is 54.4 Å². The van der Waals surface area contributed by atoms with Gasteiger partial charge in [0, 0.05) is 23.1 Å². The number of nitrogens with one attached hydrogen (secondary N) is 1. The Bertz CT molecular complexity index is 1070. The molecule has 194 valence electrons. The molecule has 13 heteroatoms. The third-order valence-corrected chi connectivity index (χ3v) is 12.1. The molecule has 0 saturated carbocycles. The van der Waals surface area contributed by atoms with Crippen LogP contribution < -0.4 is 20.2 Å². The zero-order valence-corrected chi connectivity index (χ0v) is 25.5. The predicted octanol–water partition coefficient (Wildman–Crippen LogP) is 5.13. The summed E-state index contributed by atoms with van der Waals surface area (Å²) in [4.78, 5) is 17.2. The number of thiocarbonyl (C=S) groups is 1.